The van der Waals surface area contributed by atoms with E-state index in [0.29, 0.717) is 19.6 Å². The van der Waals surface area contributed by atoms with Crippen LogP contribution in [0.5, 0.6) is 0 Å². The lowest BCUT2D eigenvalue weighted by atomic mass is 9.90. The second-order valence-corrected chi connectivity index (χ2v) is 6.25. The summed E-state index contributed by atoms with van der Waals surface area (Å²) in [4.78, 5) is 22.8. The van der Waals surface area contributed by atoms with Crippen LogP contribution < -0.4 is 10.6 Å². The number of carboxylic acid groups (broad SMARTS) is 1. The number of nitrogens with one attached hydrogen (secondary N) is 2. The third kappa shape index (κ3) is 8.74. The monoisotopic (exact) mass is 288 g/mol. The summed E-state index contributed by atoms with van der Waals surface area (Å²) < 4.78 is 5.02. The molecule has 0 aromatic carbocycles. The van der Waals surface area contributed by atoms with E-state index < -0.39 is 18.0 Å². The molecule has 0 radical (unpaired) electrons. The minimum absolute atomic E-state index is 0.0931. The first kappa shape index (κ1) is 18.7. The lowest BCUT2D eigenvalue weighted by molar-refractivity contribution is -0.139. The molecule has 0 heterocycles. The lowest BCUT2D eigenvalue weighted by Crippen LogP contribution is -2.48. The fraction of sp³-hybridized carbons (Fsp3) is 0.857. The van der Waals surface area contributed by atoms with E-state index in [4.69, 9.17) is 9.84 Å². The molecule has 2 amide bonds. The first-order valence-electron chi connectivity index (χ1n) is 6.94. The summed E-state index contributed by atoms with van der Waals surface area (Å²) in [6, 6.07) is -1.29. The van der Waals surface area contributed by atoms with Crippen LogP contribution in [-0.2, 0) is 9.53 Å². The quantitative estimate of drug-likeness (QED) is 0.604. The number of methoxy groups -OCH3 is 1. The van der Waals surface area contributed by atoms with Crippen molar-refractivity contribution in [2.75, 3.05) is 20.3 Å². The Labute approximate surface area is 121 Å². The Bertz CT molecular complexity index is 316. The van der Waals surface area contributed by atoms with Gasteiger partial charge in [0.05, 0.1) is 0 Å². The third-order valence-corrected chi connectivity index (χ3v) is 3.02. The highest BCUT2D eigenvalue weighted by molar-refractivity contribution is 5.82. The molecule has 0 aromatic heterocycles. The van der Waals surface area contributed by atoms with Gasteiger partial charge < -0.3 is 20.5 Å². The van der Waals surface area contributed by atoms with E-state index in [-0.39, 0.29) is 11.3 Å². The fourth-order valence-electron chi connectivity index (χ4n) is 1.69. The Morgan fingerprint density at radius 1 is 1.30 bits per heavy atom. The van der Waals surface area contributed by atoms with Gasteiger partial charge in [0.15, 0.2) is 0 Å². The lowest BCUT2D eigenvalue weighted by Gasteiger charge is -2.25. The van der Waals surface area contributed by atoms with Gasteiger partial charge in [0, 0.05) is 20.3 Å². The van der Waals surface area contributed by atoms with Crippen LogP contribution in [0, 0.1) is 11.3 Å². The molecule has 118 valence electrons. The molecule has 1 atom stereocenters. The fourth-order valence-corrected chi connectivity index (χ4v) is 1.69. The molecule has 0 aromatic rings. The zero-order chi connectivity index (χ0) is 15.8. The summed E-state index contributed by atoms with van der Waals surface area (Å²) in [5.41, 5.74) is -0.0931. The first-order chi connectivity index (χ1) is 9.18. The average Bonchev–Trinajstić information content (AvgIpc) is 2.33. The molecule has 0 saturated carbocycles. The number of aliphatic carboxylic acids is 1. The first-order valence-corrected chi connectivity index (χ1v) is 6.94. The van der Waals surface area contributed by atoms with E-state index in [9.17, 15) is 9.59 Å². The molecular formula is C14H28N2O4. The highest BCUT2D eigenvalue weighted by Gasteiger charge is 2.23. The Balaban J connectivity index is 4.22. The van der Waals surface area contributed by atoms with Crippen molar-refractivity contribution in [3.63, 3.8) is 0 Å². The van der Waals surface area contributed by atoms with Gasteiger partial charge in [-0.1, -0.05) is 27.7 Å². The van der Waals surface area contributed by atoms with Crippen molar-refractivity contribution in [2.24, 2.45) is 11.3 Å². The highest BCUT2D eigenvalue weighted by atomic mass is 16.5. The molecule has 0 aliphatic carbocycles. The number of rotatable bonds is 9. The van der Waals surface area contributed by atoms with Crippen molar-refractivity contribution in [3.8, 4) is 0 Å². The summed E-state index contributed by atoms with van der Waals surface area (Å²) >= 11 is 0. The van der Waals surface area contributed by atoms with Crippen LogP contribution in [0.1, 0.15) is 40.5 Å². The van der Waals surface area contributed by atoms with Gasteiger partial charge in [0.1, 0.15) is 6.04 Å². The molecule has 20 heavy (non-hydrogen) atoms. The van der Waals surface area contributed by atoms with E-state index in [0.717, 1.165) is 6.42 Å². The van der Waals surface area contributed by atoms with Crippen LogP contribution in [0.15, 0.2) is 0 Å². The summed E-state index contributed by atoms with van der Waals surface area (Å²) in [5.74, 6) is -0.804. The number of carboxylic acids is 1. The topological polar surface area (TPSA) is 87.7 Å². The molecule has 0 aliphatic heterocycles. The van der Waals surface area contributed by atoms with Gasteiger partial charge in [-0.3, -0.25) is 0 Å². The molecule has 0 unspecified atom stereocenters. The Morgan fingerprint density at radius 2 is 1.90 bits per heavy atom. The summed E-state index contributed by atoms with van der Waals surface area (Å²) in [6.45, 7) is 8.98. The number of carbonyl (C=O) groups is 2. The molecule has 0 rings (SSSR count). The smallest absolute Gasteiger partial charge is 0.326 e. The van der Waals surface area contributed by atoms with Gasteiger partial charge in [0.25, 0.3) is 0 Å². The maximum atomic E-state index is 11.7. The van der Waals surface area contributed by atoms with Gasteiger partial charge in [-0.15, -0.1) is 0 Å². The van der Waals surface area contributed by atoms with Crippen LogP contribution in [0.4, 0.5) is 4.79 Å². The number of urea groups is 1. The minimum Gasteiger partial charge on any atom is -0.480 e. The SMILES string of the molecule is COCCC(C)(C)CNC(=O)N[C@@H](CC(C)C)C(=O)O. The molecule has 6 heteroatoms. The zero-order valence-electron chi connectivity index (χ0n) is 13.2. The van der Waals surface area contributed by atoms with E-state index >= 15 is 0 Å². The van der Waals surface area contributed by atoms with Gasteiger partial charge in [-0.25, -0.2) is 9.59 Å². The van der Waals surface area contributed by atoms with Gasteiger partial charge in [-0.2, -0.15) is 0 Å². The summed E-state index contributed by atoms with van der Waals surface area (Å²) in [5, 5.41) is 14.3. The van der Waals surface area contributed by atoms with Crippen LogP contribution in [0.3, 0.4) is 0 Å². The second-order valence-electron chi connectivity index (χ2n) is 6.25. The van der Waals surface area contributed by atoms with Crippen LogP contribution in [0.25, 0.3) is 0 Å². The van der Waals surface area contributed by atoms with Gasteiger partial charge in [-0.05, 0) is 24.2 Å². The third-order valence-electron chi connectivity index (χ3n) is 3.02. The predicted octanol–water partition coefficient (Wildman–Crippen LogP) is 1.85. The summed E-state index contributed by atoms with van der Waals surface area (Å²) in [7, 11) is 1.64. The molecule has 0 fully saturated rings. The normalized spacial score (nSPS) is 13.1. The van der Waals surface area contributed by atoms with E-state index in [1.54, 1.807) is 7.11 Å². The molecule has 0 saturated heterocycles. The summed E-state index contributed by atoms with van der Waals surface area (Å²) in [6.07, 6.45) is 1.23. The van der Waals surface area contributed by atoms with Crippen molar-refractivity contribution in [1.82, 2.24) is 10.6 Å². The maximum absolute atomic E-state index is 11.7. The maximum Gasteiger partial charge on any atom is 0.326 e. The Morgan fingerprint density at radius 3 is 2.35 bits per heavy atom. The number of hydrogen-bond acceptors (Lipinski definition) is 3. The van der Waals surface area contributed by atoms with E-state index in [2.05, 4.69) is 10.6 Å². The van der Waals surface area contributed by atoms with Crippen LogP contribution in [0.2, 0.25) is 0 Å². The van der Waals surface area contributed by atoms with E-state index in [1.165, 1.54) is 0 Å². The van der Waals surface area contributed by atoms with Crippen molar-refractivity contribution >= 4 is 12.0 Å². The Kier molecular flexibility index (Phi) is 8.22. The van der Waals surface area contributed by atoms with Crippen LogP contribution >= 0.6 is 0 Å². The number of carbonyl (C=O) groups excluding carboxylic acids is 1. The molecule has 6 nitrogen and oxygen atoms in total. The Hall–Kier alpha value is -1.30. The standard InChI is InChI=1S/C14H28N2O4/c1-10(2)8-11(12(17)18)16-13(19)15-9-14(3,4)6-7-20-5/h10-11H,6-9H2,1-5H3,(H,17,18)(H2,15,16,19)/t11-/m0/s1. The van der Waals surface area contributed by atoms with E-state index in [1.807, 2.05) is 27.7 Å². The molecule has 0 spiro atoms. The molecular weight excluding hydrogens is 260 g/mol. The van der Waals surface area contributed by atoms with Gasteiger partial charge >= 0.3 is 12.0 Å². The number of hydrogen-bond donors (Lipinski definition) is 3. The van der Waals surface area contributed by atoms with Crippen LogP contribution in [-0.4, -0.2) is 43.4 Å². The largest absolute Gasteiger partial charge is 0.480 e. The van der Waals surface area contributed by atoms with Crippen molar-refractivity contribution in [1.29, 1.82) is 0 Å². The van der Waals surface area contributed by atoms with Crippen molar-refractivity contribution in [2.45, 2.75) is 46.6 Å². The molecule has 0 bridgehead atoms. The van der Waals surface area contributed by atoms with Crippen molar-refractivity contribution in [3.05, 3.63) is 0 Å². The molecule has 0 aliphatic rings. The molecule has 3 N–H and O–H groups in total. The zero-order valence-corrected chi connectivity index (χ0v) is 13.2. The average molecular weight is 288 g/mol. The predicted molar refractivity (Wildman–Crippen MR) is 77.7 cm³/mol. The van der Waals surface area contributed by atoms with Crippen molar-refractivity contribution < 1.29 is 19.4 Å². The van der Waals surface area contributed by atoms with Gasteiger partial charge in [0.2, 0.25) is 0 Å². The minimum atomic E-state index is -1.01. The second kappa shape index (κ2) is 8.79. The highest BCUT2D eigenvalue weighted by Crippen LogP contribution is 2.18. The number of amides is 2. The number of ether oxygens (including phenoxy) is 1.